The Labute approximate surface area is 182 Å². The summed E-state index contributed by atoms with van der Waals surface area (Å²) in [5, 5.41) is 2.92. The molecule has 152 valence electrons. The zero-order valence-electron chi connectivity index (χ0n) is 17.3. The zero-order chi connectivity index (χ0) is 21.2. The zero-order valence-corrected chi connectivity index (χ0v) is 19.0. The summed E-state index contributed by atoms with van der Waals surface area (Å²) >= 11 is 3.06. The fourth-order valence-electron chi connectivity index (χ4n) is 2.58. The highest BCUT2D eigenvalue weighted by Gasteiger charge is 2.22. The number of para-hydroxylation sites is 1. The van der Waals surface area contributed by atoms with Gasteiger partial charge in [0.2, 0.25) is 0 Å². The first-order valence-electron chi connectivity index (χ1n) is 9.62. The van der Waals surface area contributed by atoms with E-state index in [1.165, 1.54) is 29.6 Å². The normalized spacial score (nSPS) is 10.8. The first-order chi connectivity index (χ1) is 14.0. The van der Waals surface area contributed by atoms with Crippen molar-refractivity contribution in [3.63, 3.8) is 0 Å². The van der Waals surface area contributed by atoms with Crippen LogP contribution in [0.25, 0.3) is 6.08 Å². The van der Waals surface area contributed by atoms with Gasteiger partial charge in [-0.1, -0.05) is 68.0 Å². The predicted octanol–water partition coefficient (Wildman–Crippen LogP) is 6.24. The minimum absolute atomic E-state index is 0.204. The van der Waals surface area contributed by atoms with Gasteiger partial charge >= 0.3 is 0 Å². The second-order valence-electron chi connectivity index (χ2n) is 6.41. The second-order valence-corrected chi connectivity index (χ2v) is 9.21. The van der Waals surface area contributed by atoms with E-state index in [0.29, 0.717) is 5.69 Å². The molecule has 0 aliphatic heterocycles. The predicted molar refractivity (Wildman–Crippen MR) is 128 cm³/mol. The number of carbonyl (C=O) groups excluding carboxylic acids is 2. The van der Waals surface area contributed by atoms with E-state index in [2.05, 4.69) is 5.32 Å². The molecule has 0 fully saturated rings. The Morgan fingerprint density at radius 3 is 2.14 bits per heavy atom. The third kappa shape index (κ3) is 6.94. The molecule has 2 aromatic carbocycles. The number of allylic oxidation sites excluding steroid dienone is 1. The van der Waals surface area contributed by atoms with Gasteiger partial charge in [0, 0.05) is 5.69 Å². The molecule has 0 heterocycles. The van der Waals surface area contributed by atoms with E-state index in [4.69, 9.17) is 0 Å². The molecule has 0 aliphatic carbocycles. The van der Waals surface area contributed by atoms with Crippen molar-refractivity contribution in [1.29, 1.82) is 0 Å². The Bertz CT molecular complexity index is 907. The Hall–Kier alpha value is -2.24. The first kappa shape index (κ1) is 23.0. The summed E-state index contributed by atoms with van der Waals surface area (Å²) in [4.78, 5) is 26.2. The number of rotatable bonds is 9. The number of hydrogen-bond acceptors (Lipinski definition) is 4. The number of anilines is 1. The smallest absolute Gasteiger partial charge is 0.261 e. The standard InChI is InChI=1S/C24H27NO2S2/c1-5-28-24(29-6-2)22(23(27)25-20-10-8-7-9-18(20)4)21(26)16-15-19-13-11-17(3)12-14-19/h7-16H,5-6H2,1-4H3,(H,25,27)/b16-15+. The van der Waals surface area contributed by atoms with Crippen LogP contribution in [0.1, 0.15) is 30.5 Å². The van der Waals surface area contributed by atoms with E-state index in [9.17, 15) is 9.59 Å². The molecule has 29 heavy (non-hydrogen) atoms. The summed E-state index contributed by atoms with van der Waals surface area (Å²) in [7, 11) is 0. The van der Waals surface area contributed by atoms with Gasteiger partial charge in [0.15, 0.2) is 5.78 Å². The van der Waals surface area contributed by atoms with Crippen LogP contribution in [0.3, 0.4) is 0 Å². The molecule has 1 amide bonds. The van der Waals surface area contributed by atoms with E-state index in [-0.39, 0.29) is 17.3 Å². The molecule has 3 nitrogen and oxygen atoms in total. The van der Waals surface area contributed by atoms with Crippen molar-refractivity contribution in [2.45, 2.75) is 27.7 Å². The van der Waals surface area contributed by atoms with Crippen LogP contribution in [0.2, 0.25) is 0 Å². The van der Waals surface area contributed by atoms with Crippen molar-refractivity contribution in [3.8, 4) is 0 Å². The molecule has 0 aliphatic rings. The van der Waals surface area contributed by atoms with Gasteiger partial charge in [0.05, 0.1) is 4.24 Å². The Morgan fingerprint density at radius 1 is 0.931 bits per heavy atom. The maximum Gasteiger partial charge on any atom is 0.261 e. The molecule has 0 atom stereocenters. The van der Waals surface area contributed by atoms with E-state index in [0.717, 1.165) is 32.4 Å². The van der Waals surface area contributed by atoms with Crippen LogP contribution in [0.4, 0.5) is 5.69 Å². The van der Waals surface area contributed by atoms with Gasteiger partial charge in [-0.3, -0.25) is 9.59 Å². The monoisotopic (exact) mass is 425 g/mol. The molecule has 1 N–H and O–H groups in total. The van der Waals surface area contributed by atoms with Crippen molar-refractivity contribution in [3.05, 3.63) is 81.1 Å². The number of nitrogens with one attached hydrogen (secondary N) is 1. The molecule has 0 bridgehead atoms. The molecule has 0 unspecified atom stereocenters. The maximum absolute atomic E-state index is 13.1. The molecule has 0 saturated heterocycles. The van der Waals surface area contributed by atoms with Gasteiger partial charge in [0.25, 0.3) is 5.91 Å². The third-order valence-electron chi connectivity index (χ3n) is 4.13. The third-order valence-corrected chi connectivity index (χ3v) is 6.34. The molecule has 0 saturated carbocycles. The Kier molecular flexibility index (Phi) is 9.29. The SMILES string of the molecule is CCSC(SCC)=C(C(=O)/C=C/c1ccc(C)cc1)C(=O)Nc1ccccc1C. The lowest BCUT2D eigenvalue weighted by atomic mass is 10.1. The lowest BCUT2D eigenvalue weighted by Gasteiger charge is -2.13. The van der Waals surface area contributed by atoms with Gasteiger partial charge < -0.3 is 5.32 Å². The lowest BCUT2D eigenvalue weighted by Crippen LogP contribution is -2.21. The van der Waals surface area contributed by atoms with Gasteiger partial charge in [0.1, 0.15) is 5.57 Å². The van der Waals surface area contributed by atoms with Crippen LogP contribution in [-0.2, 0) is 9.59 Å². The fraction of sp³-hybridized carbons (Fsp3) is 0.250. The quantitative estimate of drug-likeness (QED) is 0.293. The number of carbonyl (C=O) groups is 2. The number of amides is 1. The molecule has 0 aromatic heterocycles. The molecule has 0 radical (unpaired) electrons. The fourth-order valence-corrected chi connectivity index (χ4v) is 4.82. The Balaban J connectivity index is 2.36. The van der Waals surface area contributed by atoms with Crippen LogP contribution in [0.15, 0.2) is 64.4 Å². The molecular formula is C24H27NO2S2. The van der Waals surface area contributed by atoms with Gasteiger partial charge in [-0.2, -0.15) is 0 Å². The summed E-state index contributed by atoms with van der Waals surface area (Å²) in [6, 6.07) is 15.5. The average molecular weight is 426 g/mol. The molecule has 2 rings (SSSR count). The minimum Gasteiger partial charge on any atom is -0.322 e. The van der Waals surface area contributed by atoms with Gasteiger partial charge in [-0.25, -0.2) is 0 Å². The molecule has 0 spiro atoms. The highest BCUT2D eigenvalue weighted by molar-refractivity contribution is 8.22. The first-order valence-corrected chi connectivity index (χ1v) is 11.6. The van der Waals surface area contributed by atoms with E-state index < -0.39 is 0 Å². The number of aryl methyl sites for hydroxylation is 2. The van der Waals surface area contributed by atoms with Crippen molar-refractivity contribution in [2.75, 3.05) is 16.8 Å². The molecule has 2 aromatic rings. The maximum atomic E-state index is 13.1. The number of benzene rings is 2. The van der Waals surface area contributed by atoms with E-state index in [1.807, 2.05) is 76.2 Å². The summed E-state index contributed by atoms with van der Waals surface area (Å²) < 4.78 is 0.764. The Morgan fingerprint density at radius 2 is 1.55 bits per heavy atom. The van der Waals surface area contributed by atoms with Crippen LogP contribution < -0.4 is 5.32 Å². The van der Waals surface area contributed by atoms with Crippen molar-refractivity contribution < 1.29 is 9.59 Å². The summed E-state index contributed by atoms with van der Waals surface area (Å²) in [5.74, 6) is 0.931. The highest BCUT2D eigenvalue weighted by atomic mass is 32.2. The van der Waals surface area contributed by atoms with Crippen LogP contribution in [0.5, 0.6) is 0 Å². The summed E-state index contributed by atoms with van der Waals surface area (Å²) in [6.45, 7) is 7.99. The largest absolute Gasteiger partial charge is 0.322 e. The molecule has 5 heteroatoms. The highest BCUT2D eigenvalue weighted by Crippen LogP contribution is 2.33. The van der Waals surface area contributed by atoms with E-state index in [1.54, 1.807) is 6.08 Å². The average Bonchev–Trinajstić information content (AvgIpc) is 2.70. The summed E-state index contributed by atoms with van der Waals surface area (Å²) in [5.41, 5.74) is 3.96. The number of hydrogen-bond donors (Lipinski definition) is 1. The van der Waals surface area contributed by atoms with Gasteiger partial charge in [-0.05, 0) is 48.6 Å². The topological polar surface area (TPSA) is 46.2 Å². The van der Waals surface area contributed by atoms with Crippen LogP contribution in [0, 0.1) is 13.8 Å². The van der Waals surface area contributed by atoms with E-state index >= 15 is 0 Å². The number of thioether (sulfide) groups is 2. The van der Waals surface area contributed by atoms with Crippen molar-refractivity contribution in [2.24, 2.45) is 0 Å². The van der Waals surface area contributed by atoms with Crippen molar-refractivity contribution in [1.82, 2.24) is 0 Å². The van der Waals surface area contributed by atoms with Crippen LogP contribution in [-0.4, -0.2) is 23.2 Å². The summed E-state index contributed by atoms with van der Waals surface area (Å²) in [6.07, 6.45) is 3.25. The minimum atomic E-state index is -0.366. The second kappa shape index (κ2) is 11.7. The number of ketones is 1. The van der Waals surface area contributed by atoms with Crippen LogP contribution >= 0.6 is 23.5 Å². The van der Waals surface area contributed by atoms with Gasteiger partial charge in [-0.15, -0.1) is 23.5 Å². The lowest BCUT2D eigenvalue weighted by molar-refractivity contribution is -0.117. The van der Waals surface area contributed by atoms with Crippen molar-refractivity contribution >= 4 is 47.0 Å². The molecular weight excluding hydrogens is 398 g/mol.